The zero-order valence-electron chi connectivity index (χ0n) is 13.7. The van der Waals surface area contributed by atoms with Gasteiger partial charge in [0.05, 0.1) is 7.11 Å². The van der Waals surface area contributed by atoms with Gasteiger partial charge in [0.1, 0.15) is 5.75 Å². The van der Waals surface area contributed by atoms with Crippen LogP contribution in [0.5, 0.6) is 5.75 Å². The average molecular weight is 320 g/mol. The van der Waals surface area contributed by atoms with Crippen molar-refractivity contribution in [1.82, 2.24) is 4.90 Å². The Morgan fingerprint density at radius 1 is 1.09 bits per heavy atom. The minimum absolute atomic E-state index is 0.0312. The van der Waals surface area contributed by atoms with Crippen LogP contribution in [0.25, 0.3) is 0 Å². The summed E-state index contributed by atoms with van der Waals surface area (Å²) in [6.45, 7) is 3.40. The minimum Gasteiger partial charge on any atom is -0.481 e. The van der Waals surface area contributed by atoms with Crippen molar-refractivity contribution in [3.05, 3.63) is 24.3 Å². The molecule has 0 saturated carbocycles. The molecular weight excluding hydrogens is 296 g/mol. The van der Waals surface area contributed by atoms with Crippen molar-refractivity contribution >= 4 is 17.7 Å². The van der Waals surface area contributed by atoms with Crippen LogP contribution >= 0.6 is 0 Å². The van der Waals surface area contributed by atoms with E-state index in [9.17, 15) is 9.59 Å². The molecule has 0 radical (unpaired) electrons. The van der Waals surface area contributed by atoms with E-state index in [1.807, 2.05) is 4.90 Å². The molecule has 1 N–H and O–H groups in total. The number of ether oxygens (including phenoxy) is 2. The van der Waals surface area contributed by atoms with Gasteiger partial charge in [0.15, 0.2) is 6.10 Å². The van der Waals surface area contributed by atoms with Crippen LogP contribution in [0.15, 0.2) is 24.3 Å². The van der Waals surface area contributed by atoms with E-state index in [-0.39, 0.29) is 5.91 Å². The lowest BCUT2D eigenvalue weighted by atomic mass is 10.2. The lowest BCUT2D eigenvalue weighted by Crippen LogP contribution is -2.40. The highest BCUT2D eigenvalue weighted by Crippen LogP contribution is 2.18. The van der Waals surface area contributed by atoms with Gasteiger partial charge in [-0.1, -0.05) is 12.8 Å². The van der Waals surface area contributed by atoms with Crippen LogP contribution in [0.2, 0.25) is 0 Å². The smallest absolute Gasteiger partial charge is 0.411 e. The van der Waals surface area contributed by atoms with Gasteiger partial charge in [-0.15, -0.1) is 0 Å². The van der Waals surface area contributed by atoms with E-state index in [1.54, 1.807) is 31.2 Å². The Morgan fingerprint density at radius 3 is 2.26 bits per heavy atom. The summed E-state index contributed by atoms with van der Waals surface area (Å²) in [6, 6.07) is 6.85. The fourth-order valence-electron chi connectivity index (χ4n) is 2.59. The molecule has 23 heavy (non-hydrogen) atoms. The minimum atomic E-state index is -0.525. The van der Waals surface area contributed by atoms with E-state index in [2.05, 4.69) is 10.1 Å². The molecule has 0 bridgehead atoms. The quantitative estimate of drug-likeness (QED) is 0.926. The number of methoxy groups -OCH3 is 1. The number of anilines is 1. The second-order valence-corrected chi connectivity index (χ2v) is 5.64. The van der Waals surface area contributed by atoms with E-state index < -0.39 is 12.2 Å². The molecule has 2 rings (SSSR count). The molecule has 1 aliphatic rings. The Morgan fingerprint density at radius 2 is 1.70 bits per heavy atom. The Kier molecular flexibility index (Phi) is 6.26. The molecule has 1 atom stereocenters. The number of likely N-dealkylation sites (tertiary alicyclic amines) is 1. The maximum absolute atomic E-state index is 12.4. The van der Waals surface area contributed by atoms with Gasteiger partial charge in [-0.3, -0.25) is 10.1 Å². The molecule has 1 unspecified atom stereocenters. The number of carbonyl (C=O) groups excluding carboxylic acids is 2. The van der Waals surface area contributed by atoms with Crippen LogP contribution in [0.3, 0.4) is 0 Å². The molecule has 0 spiro atoms. The fourth-order valence-corrected chi connectivity index (χ4v) is 2.59. The fraction of sp³-hybridized carbons (Fsp3) is 0.529. The number of amides is 2. The molecule has 1 aromatic carbocycles. The van der Waals surface area contributed by atoms with Gasteiger partial charge in [0.25, 0.3) is 5.91 Å². The summed E-state index contributed by atoms with van der Waals surface area (Å²) in [7, 11) is 1.31. The molecular formula is C17H24N2O4. The first-order valence-electron chi connectivity index (χ1n) is 8.00. The number of hydrogen-bond donors (Lipinski definition) is 1. The molecule has 6 nitrogen and oxygen atoms in total. The average Bonchev–Trinajstić information content (AvgIpc) is 2.85. The van der Waals surface area contributed by atoms with Gasteiger partial charge in [-0.25, -0.2) is 4.79 Å². The number of rotatable bonds is 4. The van der Waals surface area contributed by atoms with E-state index in [0.717, 1.165) is 25.9 Å². The summed E-state index contributed by atoms with van der Waals surface area (Å²) in [4.78, 5) is 25.4. The Bertz CT molecular complexity index is 522. The molecule has 126 valence electrons. The van der Waals surface area contributed by atoms with Crippen molar-refractivity contribution in [2.45, 2.75) is 38.7 Å². The Balaban J connectivity index is 1.89. The SMILES string of the molecule is COC(=O)Nc1ccc(OC(C)C(=O)N2CCCCCC2)cc1. The molecule has 1 fully saturated rings. The molecule has 2 amide bonds. The third-order valence-corrected chi connectivity index (χ3v) is 3.86. The summed E-state index contributed by atoms with van der Waals surface area (Å²) < 4.78 is 10.2. The predicted molar refractivity (Wildman–Crippen MR) is 87.6 cm³/mol. The van der Waals surface area contributed by atoms with Crippen LogP contribution < -0.4 is 10.1 Å². The lowest BCUT2D eigenvalue weighted by molar-refractivity contribution is -0.137. The van der Waals surface area contributed by atoms with Crippen molar-refractivity contribution in [1.29, 1.82) is 0 Å². The molecule has 0 aromatic heterocycles. The predicted octanol–water partition coefficient (Wildman–Crippen LogP) is 3.03. The summed E-state index contributed by atoms with van der Waals surface area (Å²) in [5.74, 6) is 0.625. The first kappa shape index (κ1) is 17.1. The molecule has 1 aromatic rings. The van der Waals surface area contributed by atoms with E-state index in [1.165, 1.54) is 20.0 Å². The highest BCUT2D eigenvalue weighted by atomic mass is 16.5. The van der Waals surface area contributed by atoms with E-state index in [4.69, 9.17) is 4.74 Å². The summed E-state index contributed by atoms with van der Waals surface area (Å²) in [5, 5.41) is 2.56. The van der Waals surface area contributed by atoms with Gasteiger partial charge in [-0.2, -0.15) is 0 Å². The zero-order chi connectivity index (χ0) is 16.7. The molecule has 1 heterocycles. The van der Waals surface area contributed by atoms with E-state index in [0.29, 0.717) is 11.4 Å². The molecule has 1 saturated heterocycles. The number of hydrogen-bond acceptors (Lipinski definition) is 4. The lowest BCUT2D eigenvalue weighted by Gasteiger charge is -2.24. The van der Waals surface area contributed by atoms with Gasteiger partial charge >= 0.3 is 6.09 Å². The van der Waals surface area contributed by atoms with Crippen molar-refractivity contribution in [3.63, 3.8) is 0 Å². The monoisotopic (exact) mass is 320 g/mol. The standard InChI is InChI=1S/C17H24N2O4/c1-13(16(20)19-11-5-3-4-6-12-19)23-15-9-7-14(8-10-15)18-17(21)22-2/h7-10,13H,3-6,11-12H2,1-2H3,(H,18,21). The normalized spacial score (nSPS) is 16.2. The second kappa shape index (κ2) is 8.41. The highest BCUT2D eigenvalue weighted by molar-refractivity contribution is 5.84. The Hall–Kier alpha value is -2.24. The van der Waals surface area contributed by atoms with Crippen molar-refractivity contribution in [2.75, 3.05) is 25.5 Å². The number of nitrogens with one attached hydrogen (secondary N) is 1. The summed E-state index contributed by atoms with van der Waals surface area (Å²) >= 11 is 0. The van der Waals surface area contributed by atoms with Gasteiger partial charge in [0, 0.05) is 18.8 Å². The molecule has 1 aliphatic heterocycles. The molecule has 0 aliphatic carbocycles. The second-order valence-electron chi connectivity index (χ2n) is 5.64. The van der Waals surface area contributed by atoms with Gasteiger partial charge in [0.2, 0.25) is 0 Å². The summed E-state index contributed by atoms with van der Waals surface area (Å²) in [6.07, 6.45) is 3.45. The molecule has 6 heteroatoms. The van der Waals surface area contributed by atoms with Crippen molar-refractivity contribution in [2.24, 2.45) is 0 Å². The topological polar surface area (TPSA) is 67.9 Å². The van der Waals surface area contributed by atoms with Crippen LogP contribution in [-0.2, 0) is 9.53 Å². The maximum Gasteiger partial charge on any atom is 0.411 e. The van der Waals surface area contributed by atoms with Crippen LogP contribution in [0.4, 0.5) is 10.5 Å². The first-order chi connectivity index (χ1) is 11.1. The maximum atomic E-state index is 12.4. The van der Waals surface area contributed by atoms with Gasteiger partial charge < -0.3 is 14.4 Å². The highest BCUT2D eigenvalue weighted by Gasteiger charge is 2.22. The van der Waals surface area contributed by atoms with Crippen molar-refractivity contribution < 1.29 is 19.1 Å². The van der Waals surface area contributed by atoms with Crippen LogP contribution in [0, 0.1) is 0 Å². The number of benzene rings is 1. The third kappa shape index (κ3) is 5.16. The summed E-state index contributed by atoms with van der Waals surface area (Å²) in [5.41, 5.74) is 0.607. The number of nitrogens with zero attached hydrogens (tertiary/aromatic N) is 1. The van der Waals surface area contributed by atoms with Crippen LogP contribution in [0.1, 0.15) is 32.6 Å². The number of carbonyl (C=O) groups is 2. The van der Waals surface area contributed by atoms with Crippen LogP contribution in [-0.4, -0.2) is 43.2 Å². The Labute approximate surface area is 136 Å². The van der Waals surface area contributed by atoms with Gasteiger partial charge in [-0.05, 0) is 44.0 Å². The van der Waals surface area contributed by atoms with E-state index >= 15 is 0 Å². The third-order valence-electron chi connectivity index (χ3n) is 3.86. The zero-order valence-corrected chi connectivity index (χ0v) is 13.7. The first-order valence-corrected chi connectivity index (χ1v) is 8.00. The largest absolute Gasteiger partial charge is 0.481 e. The van der Waals surface area contributed by atoms with Crippen molar-refractivity contribution in [3.8, 4) is 5.75 Å².